The second-order valence-corrected chi connectivity index (χ2v) is 4.08. The first kappa shape index (κ1) is 17.0. The summed E-state index contributed by atoms with van der Waals surface area (Å²) >= 11 is 0. The molecule has 0 aromatic heterocycles. The molecule has 0 aromatic carbocycles. The molecule has 1 aliphatic carbocycles. The molecule has 0 radical (unpaired) electrons. The number of hydrogen-bond donors (Lipinski definition) is 2. The Kier molecular flexibility index (Phi) is 11.0. The van der Waals surface area contributed by atoms with Gasteiger partial charge in [0.15, 0.2) is 5.96 Å². The maximum absolute atomic E-state index is 5.27. The third kappa shape index (κ3) is 7.81. The van der Waals surface area contributed by atoms with Gasteiger partial charge in [-0.1, -0.05) is 12.8 Å². The van der Waals surface area contributed by atoms with Crippen molar-refractivity contribution in [1.29, 1.82) is 0 Å². The van der Waals surface area contributed by atoms with Crippen molar-refractivity contribution in [3.05, 3.63) is 0 Å². The summed E-state index contributed by atoms with van der Waals surface area (Å²) in [7, 11) is 0. The molecule has 0 spiro atoms. The van der Waals surface area contributed by atoms with Gasteiger partial charge in [-0.3, -0.25) is 4.99 Å². The Morgan fingerprint density at radius 3 is 2.59 bits per heavy atom. The molecule has 0 heterocycles. The van der Waals surface area contributed by atoms with Crippen LogP contribution >= 0.6 is 24.0 Å². The van der Waals surface area contributed by atoms with Gasteiger partial charge in [-0.2, -0.15) is 0 Å². The van der Waals surface area contributed by atoms with Crippen molar-refractivity contribution < 1.29 is 4.74 Å². The fourth-order valence-corrected chi connectivity index (χ4v) is 1.95. The summed E-state index contributed by atoms with van der Waals surface area (Å²) in [5, 5.41) is 6.75. The number of aliphatic imine (C=N–C) groups is 1. The van der Waals surface area contributed by atoms with E-state index in [-0.39, 0.29) is 24.0 Å². The lowest BCUT2D eigenvalue weighted by molar-refractivity contribution is 0.155. The number of ether oxygens (including phenoxy) is 1. The monoisotopic (exact) mass is 355 g/mol. The van der Waals surface area contributed by atoms with E-state index in [4.69, 9.17) is 4.74 Å². The van der Waals surface area contributed by atoms with E-state index in [1.165, 1.54) is 25.7 Å². The van der Waals surface area contributed by atoms with E-state index in [9.17, 15) is 0 Å². The SMILES string of the molecule is CCNC(=NCCOCC)NC1CCCC1.I. The summed E-state index contributed by atoms with van der Waals surface area (Å²) in [6.45, 7) is 7.21. The molecule has 17 heavy (non-hydrogen) atoms. The highest BCUT2D eigenvalue weighted by Crippen LogP contribution is 2.17. The van der Waals surface area contributed by atoms with E-state index in [0.29, 0.717) is 12.6 Å². The van der Waals surface area contributed by atoms with Crippen LogP contribution in [0.3, 0.4) is 0 Å². The largest absolute Gasteiger partial charge is 0.380 e. The van der Waals surface area contributed by atoms with Gasteiger partial charge >= 0.3 is 0 Å². The Bertz CT molecular complexity index is 206. The molecule has 0 atom stereocenters. The Morgan fingerprint density at radius 1 is 1.29 bits per heavy atom. The molecule has 1 rings (SSSR count). The molecule has 0 unspecified atom stereocenters. The molecule has 1 saturated carbocycles. The number of nitrogens with zero attached hydrogens (tertiary/aromatic N) is 1. The quantitative estimate of drug-likeness (QED) is 0.332. The summed E-state index contributed by atoms with van der Waals surface area (Å²) in [5.74, 6) is 0.939. The zero-order valence-corrected chi connectivity index (χ0v) is 13.3. The molecule has 0 aromatic rings. The maximum atomic E-state index is 5.27. The molecule has 0 amide bonds. The Labute approximate surface area is 122 Å². The summed E-state index contributed by atoms with van der Waals surface area (Å²) in [6.07, 6.45) is 5.23. The molecular weight excluding hydrogens is 329 g/mol. The second-order valence-electron chi connectivity index (χ2n) is 4.08. The van der Waals surface area contributed by atoms with Crippen LogP contribution in [0.25, 0.3) is 0 Å². The molecule has 5 heteroatoms. The Hall–Kier alpha value is -0.0400. The summed E-state index contributed by atoms with van der Waals surface area (Å²) in [5.41, 5.74) is 0. The van der Waals surface area contributed by atoms with Crippen molar-refractivity contribution in [2.24, 2.45) is 4.99 Å². The van der Waals surface area contributed by atoms with Crippen LogP contribution in [0.2, 0.25) is 0 Å². The van der Waals surface area contributed by atoms with Crippen molar-refractivity contribution in [3.8, 4) is 0 Å². The number of guanidine groups is 1. The topological polar surface area (TPSA) is 45.7 Å². The minimum Gasteiger partial charge on any atom is -0.380 e. The zero-order valence-electron chi connectivity index (χ0n) is 11.0. The fourth-order valence-electron chi connectivity index (χ4n) is 1.95. The third-order valence-corrected chi connectivity index (χ3v) is 2.75. The number of halogens is 1. The minimum absolute atomic E-state index is 0. The van der Waals surface area contributed by atoms with Crippen molar-refractivity contribution in [2.45, 2.75) is 45.6 Å². The highest BCUT2D eigenvalue weighted by atomic mass is 127. The number of rotatable bonds is 6. The van der Waals surface area contributed by atoms with Gasteiger partial charge < -0.3 is 15.4 Å². The first-order chi connectivity index (χ1) is 7.86. The van der Waals surface area contributed by atoms with Gasteiger partial charge in [-0.05, 0) is 26.7 Å². The van der Waals surface area contributed by atoms with Gasteiger partial charge in [-0.25, -0.2) is 0 Å². The fraction of sp³-hybridized carbons (Fsp3) is 0.917. The number of hydrogen-bond acceptors (Lipinski definition) is 2. The lowest BCUT2D eigenvalue weighted by atomic mass is 10.2. The molecule has 1 fully saturated rings. The molecule has 2 N–H and O–H groups in total. The normalized spacial score (nSPS) is 16.7. The minimum atomic E-state index is 0. The molecule has 0 saturated heterocycles. The highest BCUT2D eigenvalue weighted by Gasteiger charge is 2.15. The lowest BCUT2D eigenvalue weighted by Gasteiger charge is -2.16. The molecule has 1 aliphatic rings. The van der Waals surface area contributed by atoms with Crippen molar-refractivity contribution >= 4 is 29.9 Å². The van der Waals surface area contributed by atoms with Gasteiger partial charge in [0.2, 0.25) is 0 Å². The van der Waals surface area contributed by atoms with E-state index < -0.39 is 0 Å². The molecule has 4 nitrogen and oxygen atoms in total. The van der Waals surface area contributed by atoms with Crippen LogP contribution in [0.5, 0.6) is 0 Å². The Balaban J connectivity index is 0.00000256. The van der Waals surface area contributed by atoms with Crippen LogP contribution in [0.4, 0.5) is 0 Å². The lowest BCUT2D eigenvalue weighted by Crippen LogP contribution is -2.42. The van der Waals surface area contributed by atoms with Gasteiger partial charge in [0.1, 0.15) is 0 Å². The van der Waals surface area contributed by atoms with Crippen molar-refractivity contribution in [1.82, 2.24) is 10.6 Å². The van der Waals surface area contributed by atoms with E-state index >= 15 is 0 Å². The first-order valence-electron chi connectivity index (χ1n) is 6.49. The van der Waals surface area contributed by atoms with Crippen LogP contribution in [0, 0.1) is 0 Å². The summed E-state index contributed by atoms with van der Waals surface area (Å²) in [6, 6.07) is 0.616. The van der Waals surface area contributed by atoms with E-state index in [1.54, 1.807) is 0 Å². The number of nitrogens with one attached hydrogen (secondary N) is 2. The van der Waals surface area contributed by atoms with Gasteiger partial charge in [0, 0.05) is 19.2 Å². The predicted octanol–water partition coefficient (Wildman–Crippen LogP) is 2.14. The summed E-state index contributed by atoms with van der Waals surface area (Å²) in [4.78, 5) is 4.48. The smallest absolute Gasteiger partial charge is 0.191 e. The zero-order chi connectivity index (χ0) is 11.6. The van der Waals surface area contributed by atoms with Gasteiger partial charge in [0.05, 0.1) is 13.2 Å². The first-order valence-corrected chi connectivity index (χ1v) is 6.49. The van der Waals surface area contributed by atoms with Crippen LogP contribution in [-0.2, 0) is 4.74 Å². The van der Waals surface area contributed by atoms with Crippen LogP contribution in [0.15, 0.2) is 4.99 Å². The standard InChI is InChI=1S/C12H25N3O.HI/c1-3-13-12(14-9-10-16-4-2)15-11-7-5-6-8-11;/h11H,3-10H2,1-2H3,(H2,13,14,15);1H. The second kappa shape index (κ2) is 11.1. The predicted molar refractivity (Wildman–Crippen MR) is 83.3 cm³/mol. The Morgan fingerprint density at radius 2 is 2.00 bits per heavy atom. The average Bonchev–Trinajstić information content (AvgIpc) is 2.77. The molecule has 102 valence electrons. The third-order valence-electron chi connectivity index (χ3n) is 2.75. The van der Waals surface area contributed by atoms with E-state index in [2.05, 4.69) is 22.5 Å². The van der Waals surface area contributed by atoms with Crippen molar-refractivity contribution in [3.63, 3.8) is 0 Å². The van der Waals surface area contributed by atoms with Crippen LogP contribution in [-0.4, -0.2) is 38.3 Å². The average molecular weight is 355 g/mol. The summed E-state index contributed by atoms with van der Waals surface area (Å²) < 4.78 is 5.27. The highest BCUT2D eigenvalue weighted by molar-refractivity contribution is 14.0. The molecule has 0 aliphatic heterocycles. The van der Waals surface area contributed by atoms with Gasteiger partial charge in [0.25, 0.3) is 0 Å². The maximum Gasteiger partial charge on any atom is 0.191 e. The molecule has 0 bridgehead atoms. The molecular formula is C12H26IN3O. The van der Waals surface area contributed by atoms with E-state index in [1.807, 2.05) is 6.92 Å². The van der Waals surface area contributed by atoms with Crippen molar-refractivity contribution in [2.75, 3.05) is 26.3 Å². The van der Waals surface area contributed by atoms with E-state index in [0.717, 1.165) is 25.7 Å². The van der Waals surface area contributed by atoms with Gasteiger partial charge in [-0.15, -0.1) is 24.0 Å². The van der Waals surface area contributed by atoms with Crippen LogP contribution < -0.4 is 10.6 Å². The van der Waals surface area contributed by atoms with Crippen LogP contribution in [0.1, 0.15) is 39.5 Å².